The highest BCUT2D eigenvalue weighted by atomic mass is 19.1. The molecule has 0 aliphatic carbocycles. The van der Waals surface area contributed by atoms with Gasteiger partial charge in [-0.1, -0.05) is 0 Å². The molecule has 1 aromatic carbocycles. The van der Waals surface area contributed by atoms with Crippen molar-refractivity contribution in [1.82, 2.24) is 15.2 Å². The highest BCUT2D eigenvalue weighted by molar-refractivity contribution is 5.94. The van der Waals surface area contributed by atoms with Crippen LogP contribution in [0, 0.1) is 19.7 Å². The number of pyridine rings is 1. The quantitative estimate of drug-likeness (QED) is 0.878. The topological polar surface area (TPSA) is 48.5 Å². The van der Waals surface area contributed by atoms with Gasteiger partial charge in [-0.3, -0.25) is 4.98 Å². The number of aryl methyl sites for hydroxylation is 1. The average molecular weight is 314 g/mol. The van der Waals surface area contributed by atoms with E-state index in [0.717, 1.165) is 40.9 Å². The van der Waals surface area contributed by atoms with Crippen LogP contribution in [0.3, 0.4) is 0 Å². The van der Waals surface area contributed by atoms with E-state index in [1.807, 2.05) is 18.7 Å². The zero-order valence-corrected chi connectivity index (χ0v) is 13.3. The summed E-state index contributed by atoms with van der Waals surface area (Å²) in [5.74, 6) is -0.250. The molecule has 0 bridgehead atoms. The number of hydrogen-bond acceptors (Lipinski definition) is 3. The number of benzene rings is 1. The van der Waals surface area contributed by atoms with E-state index in [1.165, 1.54) is 6.07 Å². The van der Waals surface area contributed by atoms with Crippen LogP contribution in [0.25, 0.3) is 10.9 Å². The number of aromatic nitrogens is 1. The van der Waals surface area contributed by atoms with Crippen LogP contribution in [-0.2, 0) is 0 Å². The molecule has 0 spiro atoms. The van der Waals surface area contributed by atoms with Crippen molar-refractivity contribution in [3.63, 3.8) is 0 Å². The van der Waals surface area contributed by atoms with Crippen LogP contribution >= 0.6 is 0 Å². The van der Waals surface area contributed by atoms with Crippen LogP contribution in [-0.4, -0.2) is 48.1 Å². The predicted molar refractivity (Wildman–Crippen MR) is 87.3 cm³/mol. The van der Waals surface area contributed by atoms with Crippen LogP contribution in [0.4, 0.5) is 14.9 Å². The minimum absolute atomic E-state index is 0.0215. The van der Waals surface area contributed by atoms with Gasteiger partial charge in [-0.25, -0.2) is 9.18 Å². The smallest absolute Gasteiger partial charge is 0.317 e. The Morgan fingerprint density at radius 1 is 1.30 bits per heavy atom. The zero-order valence-electron chi connectivity index (χ0n) is 13.3. The largest absolute Gasteiger partial charge is 0.367 e. The maximum atomic E-state index is 13.8. The molecule has 1 N–H and O–H groups in total. The SMILES string of the molecule is Cc1nc2ccc(F)cc2c(N2CCN3C(=O)NC[C@H]3C2)c1C. The summed E-state index contributed by atoms with van der Waals surface area (Å²) in [5.41, 5.74) is 3.90. The molecule has 2 fully saturated rings. The van der Waals surface area contributed by atoms with Gasteiger partial charge in [0.2, 0.25) is 0 Å². The number of anilines is 1. The monoisotopic (exact) mass is 314 g/mol. The summed E-state index contributed by atoms with van der Waals surface area (Å²) in [5, 5.41) is 3.74. The number of amides is 2. The normalized spacial score (nSPS) is 20.8. The molecule has 2 aliphatic heterocycles. The van der Waals surface area contributed by atoms with Crippen molar-refractivity contribution in [2.75, 3.05) is 31.1 Å². The molecule has 5 nitrogen and oxygen atoms in total. The van der Waals surface area contributed by atoms with E-state index in [4.69, 9.17) is 0 Å². The van der Waals surface area contributed by atoms with E-state index in [1.54, 1.807) is 12.1 Å². The van der Waals surface area contributed by atoms with Crippen molar-refractivity contribution < 1.29 is 9.18 Å². The van der Waals surface area contributed by atoms with Gasteiger partial charge in [0.05, 0.1) is 17.2 Å². The standard InChI is InChI=1S/C17H19FN4O/c1-10-11(2)20-15-4-3-12(18)7-14(15)16(10)21-5-6-22-13(9-21)8-19-17(22)23/h3-4,7,13H,5-6,8-9H2,1-2H3,(H,19,23)/t13-/m0/s1. The molecule has 2 saturated heterocycles. The third-order valence-corrected chi connectivity index (χ3v) is 4.95. The number of halogens is 1. The van der Waals surface area contributed by atoms with Gasteiger partial charge >= 0.3 is 6.03 Å². The van der Waals surface area contributed by atoms with Crippen LogP contribution in [0.2, 0.25) is 0 Å². The van der Waals surface area contributed by atoms with Gasteiger partial charge in [-0.05, 0) is 37.6 Å². The van der Waals surface area contributed by atoms with E-state index in [2.05, 4.69) is 15.2 Å². The third kappa shape index (κ3) is 2.20. The van der Waals surface area contributed by atoms with Crippen LogP contribution in [0.1, 0.15) is 11.3 Å². The van der Waals surface area contributed by atoms with Gasteiger partial charge < -0.3 is 15.1 Å². The Kier molecular flexibility index (Phi) is 3.14. The number of nitrogens with one attached hydrogen (secondary N) is 1. The fourth-order valence-corrected chi connectivity index (χ4v) is 3.65. The van der Waals surface area contributed by atoms with E-state index < -0.39 is 0 Å². The van der Waals surface area contributed by atoms with Crippen molar-refractivity contribution >= 4 is 22.6 Å². The van der Waals surface area contributed by atoms with Gasteiger partial charge in [0.25, 0.3) is 0 Å². The molecule has 23 heavy (non-hydrogen) atoms. The molecule has 120 valence electrons. The number of fused-ring (bicyclic) bond motifs is 2. The second-order valence-corrected chi connectivity index (χ2v) is 6.31. The number of hydrogen-bond donors (Lipinski definition) is 1. The van der Waals surface area contributed by atoms with E-state index in [0.29, 0.717) is 13.1 Å². The molecule has 2 aromatic rings. The van der Waals surface area contributed by atoms with E-state index >= 15 is 0 Å². The number of rotatable bonds is 1. The number of carbonyl (C=O) groups excluding carboxylic acids is 1. The first-order valence-corrected chi connectivity index (χ1v) is 7.90. The lowest BCUT2D eigenvalue weighted by atomic mass is 10.0. The molecule has 1 aromatic heterocycles. The summed E-state index contributed by atoms with van der Waals surface area (Å²) in [6.07, 6.45) is 0. The first-order valence-electron chi connectivity index (χ1n) is 7.90. The molecule has 0 radical (unpaired) electrons. The van der Waals surface area contributed by atoms with Crippen molar-refractivity contribution in [3.05, 3.63) is 35.3 Å². The predicted octanol–water partition coefficient (Wildman–Crippen LogP) is 2.20. The van der Waals surface area contributed by atoms with Crippen LogP contribution < -0.4 is 10.2 Å². The van der Waals surface area contributed by atoms with Crippen molar-refractivity contribution in [2.24, 2.45) is 0 Å². The highest BCUT2D eigenvalue weighted by Gasteiger charge is 2.36. The summed E-state index contributed by atoms with van der Waals surface area (Å²) in [6.45, 7) is 6.89. The first-order chi connectivity index (χ1) is 11.0. The Balaban J connectivity index is 1.80. The highest BCUT2D eigenvalue weighted by Crippen LogP contribution is 2.33. The molecular weight excluding hydrogens is 295 g/mol. The van der Waals surface area contributed by atoms with E-state index in [-0.39, 0.29) is 17.9 Å². The Bertz CT molecular complexity index is 807. The maximum Gasteiger partial charge on any atom is 0.317 e. The Morgan fingerprint density at radius 3 is 2.96 bits per heavy atom. The van der Waals surface area contributed by atoms with Gasteiger partial charge in [0, 0.05) is 37.3 Å². The Labute approximate surface area is 134 Å². The molecule has 4 rings (SSSR count). The number of urea groups is 1. The molecule has 1 atom stereocenters. The van der Waals surface area contributed by atoms with Crippen molar-refractivity contribution in [1.29, 1.82) is 0 Å². The molecular formula is C17H19FN4O. The Morgan fingerprint density at radius 2 is 2.13 bits per heavy atom. The van der Waals surface area contributed by atoms with Gasteiger partial charge in [0.15, 0.2) is 0 Å². The van der Waals surface area contributed by atoms with E-state index in [9.17, 15) is 9.18 Å². The summed E-state index contributed by atoms with van der Waals surface area (Å²) in [7, 11) is 0. The second-order valence-electron chi connectivity index (χ2n) is 6.31. The molecule has 3 heterocycles. The number of piperazine rings is 1. The minimum Gasteiger partial charge on any atom is -0.367 e. The lowest BCUT2D eigenvalue weighted by Gasteiger charge is -2.39. The fourth-order valence-electron chi connectivity index (χ4n) is 3.65. The summed E-state index contributed by atoms with van der Waals surface area (Å²) in [6, 6.07) is 4.94. The average Bonchev–Trinajstić information content (AvgIpc) is 2.90. The zero-order chi connectivity index (χ0) is 16.1. The number of nitrogens with zero attached hydrogens (tertiary/aromatic N) is 3. The van der Waals surface area contributed by atoms with Crippen LogP contribution in [0.15, 0.2) is 18.2 Å². The first kappa shape index (κ1) is 14.2. The molecule has 6 heteroatoms. The van der Waals surface area contributed by atoms with Gasteiger partial charge in [0.1, 0.15) is 5.82 Å². The minimum atomic E-state index is -0.250. The molecule has 2 amide bonds. The molecule has 0 unspecified atom stereocenters. The number of carbonyl (C=O) groups is 1. The Hall–Kier alpha value is -2.37. The van der Waals surface area contributed by atoms with Gasteiger partial charge in [-0.2, -0.15) is 0 Å². The molecule has 2 aliphatic rings. The lowest BCUT2D eigenvalue weighted by molar-refractivity contribution is 0.198. The van der Waals surface area contributed by atoms with Crippen molar-refractivity contribution in [3.8, 4) is 0 Å². The second kappa shape index (κ2) is 5.08. The summed E-state index contributed by atoms with van der Waals surface area (Å²) >= 11 is 0. The third-order valence-electron chi connectivity index (χ3n) is 4.95. The summed E-state index contributed by atoms with van der Waals surface area (Å²) < 4.78 is 13.8. The van der Waals surface area contributed by atoms with Crippen molar-refractivity contribution in [2.45, 2.75) is 19.9 Å². The lowest BCUT2D eigenvalue weighted by Crippen LogP contribution is -2.52. The maximum absolute atomic E-state index is 13.8. The summed E-state index contributed by atoms with van der Waals surface area (Å²) in [4.78, 5) is 20.5. The fraction of sp³-hybridized carbons (Fsp3) is 0.412. The van der Waals surface area contributed by atoms with Crippen LogP contribution in [0.5, 0.6) is 0 Å². The molecule has 0 saturated carbocycles. The van der Waals surface area contributed by atoms with Gasteiger partial charge in [-0.15, -0.1) is 0 Å².